The molecular weight excluding hydrogens is 226 g/mol. The standard InChI is InChI=1S/C14H21N3O/c18-14(17-13-7-4-9-15-11-13)16-10-8-12-5-2-1-3-6-12/h4,7,9,11-12H,1-3,5-6,8,10H2,(H2,16,17,18). The van der Waals surface area contributed by atoms with Gasteiger partial charge in [-0.2, -0.15) is 0 Å². The van der Waals surface area contributed by atoms with E-state index >= 15 is 0 Å². The van der Waals surface area contributed by atoms with Gasteiger partial charge in [0.15, 0.2) is 0 Å². The van der Waals surface area contributed by atoms with Crippen LogP contribution in [-0.2, 0) is 0 Å². The Bertz CT molecular complexity index is 361. The number of carbonyl (C=O) groups is 1. The van der Waals surface area contributed by atoms with Crippen molar-refractivity contribution in [1.82, 2.24) is 10.3 Å². The molecule has 1 heterocycles. The number of pyridine rings is 1. The van der Waals surface area contributed by atoms with Crippen LogP contribution in [0.4, 0.5) is 10.5 Å². The molecule has 4 nitrogen and oxygen atoms in total. The molecule has 98 valence electrons. The Labute approximate surface area is 108 Å². The molecule has 0 bridgehead atoms. The summed E-state index contributed by atoms with van der Waals surface area (Å²) in [5.41, 5.74) is 0.729. The molecule has 4 heteroatoms. The molecular formula is C14H21N3O. The molecule has 1 fully saturated rings. The molecule has 1 saturated carbocycles. The Kier molecular flexibility index (Phi) is 5.00. The largest absolute Gasteiger partial charge is 0.338 e. The first-order valence-electron chi connectivity index (χ1n) is 6.79. The SMILES string of the molecule is O=C(NCCC1CCCCC1)Nc1cccnc1. The molecule has 0 unspecified atom stereocenters. The van der Waals surface area contributed by atoms with Crippen LogP contribution in [0.3, 0.4) is 0 Å². The predicted octanol–water partition coefficient (Wildman–Crippen LogP) is 3.17. The van der Waals surface area contributed by atoms with Gasteiger partial charge in [-0.25, -0.2) is 4.79 Å². The Balaban J connectivity index is 1.62. The van der Waals surface area contributed by atoms with Crippen molar-refractivity contribution in [2.45, 2.75) is 38.5 Å². The van der Waals surface area contributed by atoms with Gasteiger partial charge in [0.1, 0.15) is 0 Å². The molecule has 1 aromatic rings. The summed E-state index contributed by atoms with van der Waals surface area (Å²) in [5.74, 6) is 0.803. The highest BCUT2D eigenvalue weighted by Gasteiger charge is 2.13. The van der Waals surface area contributed by atoms with Crippen molar-refractivity contribution in [2.75, 3.05) is 11.9 Å². The summed E-state index contributed by atoms with van der Waals surface area (Å²) in [7, 11) is 0. The zero-order valence-corrected chi connectivity index (χ0v) is 10.7. The Morgan fingerprint density at radius 3 is 2.89 bits per heavy atom. The number of nitrogens with zero attached hydrogens (tertiary/aromatic N) is 1. The van der Waals surface area contributed by atoms with Crippen LogP contribution in [0.5, 0.6) is 0 Å². The third-order valence-corrected chi connectivity index (χ3v) is 3.48. The maximum Gasteiger partial charge on any atom is 0.319 e. The molecule has 2 amide bonds. The number of urea groups is 1. The van der Waals surface area contributed by atoms with Crippen molar-refractivity contribution >= 4 is 11.7 Å². The summed E-state index contributed by atoms with van der Waals surface area (Å²) in [4.78, 5) is 15.6. The molecule has 18 heavy (non-hydrogen) atoms. The number of carbonyl (C=O) groups excluding carboxylic acids is 1. The normalized spacial score (nSPS) is 16.2. The molecule has 2 N–H and O–H groups in total. The van der Waals surface area contributed by atoms with E-state index in [0.717, 1.165) is 24.6 Å². The first-order valence-corrected chi connectivity index (χ1v) is 6.79. The van der Waals surface area contributed by atoms with Gasteiger partial charge in [0.05, 0.1) is 11.9 Å². The van der Waals surface area contributed by atoms with Crippen LogP contribution in [0.15, 0.2) is 24.5 Å². The zero-order chi connectivity index (χ0) is 12.6. The second-order valence-electron chi connectivity index (χ2n) is 4.92. The van der Waals surface area contributed by atoms with Gasteiger partial charge in [0.2, 0.25) is 0 Å². The molecule has 0 aliphatic heterocycles. The highest BCUT2D eigenvalue weighted by molar-refractivity contribution is 5.88. The van der Waals surface area contributed by atoms with Crippen molar-refractivity contribution in [1.29, 1.82) is 0 Å². The smallest absolute Gasteiger partial charge is 0.319 e. The van der Waals surface area contributed by atoms with Crippen LogP contribution in [0.1, 0.15) is 38.5 Å². The first kappa shape index (κ1) is 12.9. The maximum atomic E-state index is 11.6. The van der Waals surface area contributed by atoms with Crippen molar-refractivity contribution in [2.24, 2.45) is 5.92 Å². The first-order chi connectivity index (χ1) is 8.84. The highest BCUT2D eigenvalue weighted by atomic mass is 16.2. The van der Waals surface area contributed by atoms with Crippen LogP contribution in [-0.4, -0.2) is 17.6 Å². The van der Waals surface area contributed by atoms with Crippen LogP contribution in [0.2, 0.25) is 0 Å². The Morgan fingerprint density at radius 1 is 1.33 bits per heavy atom. The van der Waals surface area contributed by atoms with Crippen molar-refractivity contribution < 1.29 is 4.79 Å². The fraction of sp³-hybridized carbons (Fsp3) is 0.571. The topological polar surface area (TPSA) is 54.0 Å². The lowest BCUT2D eigenvalue weighted by molar-refractivity contribution is 0.250. The van der Waals surface area contributed by atoms with E-state index in [9.17, 15) is 4.79 Å². The molecule has 0 radical (unpaired) electrons. The minimum Gasteiger partial charge on any atom is -0.338 e. The maximum absolute atomic E-state index is 11.6. The van der Waals surface area contributed by atoms with Crippen molar-refractivity contribution in [3.05, 3.63) is 24.5 Å². The lowest BCUT2D eigenvalue weighted by atomic mass is 9.87. The fourth-order valence-corrected chi connectivity index (χ4v) is 2.48. The molecule has 1 aromatic heterocycles. The van der Waals surface area contributed by atoms with Crippen LogP contribution in [0, 0.1) is 5.92 Å². The average molecular weight is 247 g/mol. The fourth-order valence-electron chi connectivity index (χ4n) is 2.48. The van der Waals surface area contributed by atoms with Gasteiger partial charge in [-0.3, -0.25) is 4.98 Å². The monoisotopic (exact) mass is 247 g/mol. The zero-order valence-electron chi connectivity index (χ0n) is 10.7. The average Bonchev–Trinajstić information content (AvgIpc) is 2.41. The molecule has 2 rings (SSSR count). The van der Waals surface area contributed by atoms with Crippen LogP contribution in [0.25, 0.3) is 0 Å². The minimum atomic E-state index is -0.140. The van der Waals surface area contributed by atoms with E-state index < -0.39 is 0 Å². The van der Waals surface area contributed by atoms with Gasteiger partial charge in [-0.1, -0.05) is 32.1 Å². The van der Waals surface area contributed by atoms with E-state index in [4.69, 9.17) is 0 Å². The number of nitrogens with one attached hydrogen (secondary N) is 2. The van der Waals surface area contributed by atoms with Gasteiger partial charge in [-0.15, -0.1) is 0 Å². The van der Waals surface area contributed by atoms with E-state index in [0.29, 0.717) is 0 Å². The second-order valence-corrected chi connectivity index (χ2v) is 4.92. The third kappa shape index (κ3) is 4.35. The molecule has 0 aromatic carbocycles. The summed E-state index contributed by atoms with van der Waals surface area (Å²) < 4.78 is 0. The van der Waals surface area contributed by atoms with Gasteiger partial charge in [0, 0.05) is 12.7 Å². The van der Waals surface area contributed by atoms with Crippen molar-refractivity contribution in [3.8, 4) is 0 Å². The molecule has 0 spiro atoms. The van der Waals surface area contributed by atoms with E-state index in [-0.39, 0.29) is 6.03 Å². The number of aromatic nitrogens is 1. The number of anilines is 1. The summed E-state index contributed by atoms with van der Waals surface area (Å²) in [5, 5.41) is 5.67. The van der Waals surface area contributed by atoms with Gasteiger partial charge in [0.25, 0.3) is 0 Å². The van der Waals surface area contributed by atoms with Gasteiger partial charge in [-0.05, 0) is 24.5 Å². The number of hydrogen-bond acceptors (Lipinski definition) is 2. The minimum absolute atomic E-state index is 0.140. The summed E-state index contributed by atoms with van der Waals surface area (Å²) in [6, 6.07) is 3.49. The van der Waals surface area contributed by atoms with E-state index in [2.05, 4.69) is 15.6 Å². The van der Waals surface area contributed by atoms with Crippen molar-refractivity contribution in [3.63, 3.8) is 0 Å². The van der Waals surface area contributed by atoms with Crippen LogP contribution >= 0.6 is 0 Å². The lowest BCUT2D eigenvalue weighted by Crippen LogP contribution is -2.30. The van der Waals surface area contributed by atoms with E-state index in [1.807, 2.05) is 6.07 Å². The lowest BCUT2D eigenvalue weighted by Gasteiger charge is -2.21. The van der Waals surface area contributed by atoms with Gasteiger partial charge >= 0.3 is 6.03 Å². The highest BCUT2D eigenvalue weighted by Crippen LogP contribution is 2.25. The molecule has 1 aliphatic rings. The second kappa shape index (κ2) is 6.99. The Hall–Kier alpha value is -1.58. The van der Waals surface area contributed by atoms with Gasteiger partial charge < -0.3 is 10.6 Å². The van der Waals surface area contributed by atoms with E-state index in [1.54, 1.807) is 18.5 Å². The quantitative estimate of drug-likeness (QED) is 0.858. The van der Waals surface area contributed by atoms with Crippen LogP contribution < -0.4 is 10.6 Å². The molecule has 0 saturated heterocycles. The number of rotatable bonds is 4. The molecule has 1 aliphatic carbocycles. The predicted molar refractivity (Wildman–Crippen MR) is 72.5 cm³/mol. The summed E-state index contributed by atoms with van der Waals surface area (Å²) in [6.07, 6.45) is 11.2. The Morgan fingerprint density at radius 2 is 2.17 bits per heavy atom. The summed E-state index contributed by atoms with van der Waals surface area (Å²) in [6.45, 7) is 0.761. The molecule has 0 atom stereocenters. The number of hydrogen-bond donors (Lipinski definition) is 2. The number of amides is 2. The third-order valence-electron chi connectivity index (χ3n) is 3.48. The summed E-state index contributed by atoms with van der Waals surface area (Å²) >= 11 is 0. The van der Waals surface area contributed by atoms with E-state index in [1.165, 1.54) is 32.1 Å².